The molecule has 0 saturated heterocycles. The van der Waals surface area contributed by atoms with Gasteiger partial charge >= 0.3 is 0 Å². The minimum atomic E-state index is -0.515. The van der Waals surface area contributed by atoms with Crippen molar-refractivity contribution >= 4 is 34.8 Å². The van der Waals surface area contributed by atoms with E-state index in [0.29, 0.717) is 28.2 Å². The average Bonchev–Trinajstić information content (AvgIpc) is 2.41. The van der Waals surface area contributed by atoms with Crippen molar-refractivity contribution in [3.8, 4) is 6.07 Å². The number of carbonyl (C=O) groups is 1. The monoisotopic (exact) mass is 325 g/mol. The van der Waals surface area contributed by atoms with Gasteiger partial charge in [-0.1, -0.05) is 37.0 Å². The molecule has 0 spiro atoms. The van der Waals surface area contributed by atoms with Crippen LogP contribution < -0.4 is 10.6 Å². The minimum Gasteiger partial charge on any atom is -0.390 e. The number of hydrogen-bond donors (Lipinski definition) is 2. The highest BCUT2D eigenvalue weighted by atomic mass is 35.5. The summed E-state index contributed by atoms with van der Waals surface area (Å²) >= 11 is 11.7. The molecule has 0 radical (unpaired) electrons. The molecule has 4 nitrogen and oxygen atoms in total. The van der Waals surface area contributed by atoms with Crippen LogP contribution in [0.5, 0.6) is 0 Å². The number of benzene rings is 1. The molecule has 0 aromatic heterocycles. The van der Waals surface area contributed by atoms with E-state index in [0.717, 1.165) is 6.42 Å². The van der Waals surface area contributed by atoms with E-state index < -0.39 is 5.91 Å². The van der Waals surface area contributed by atoms with E-state index in [1.165, 1.54) is 12.3 Å². The van der Waals surface area contributed by atoms with E-state index in [4.69, 9.17) is 28.5 Å². The zero-order valence-corrected chi connectivity index (χ0v) is 13.4. The number of hydrogen-bond acceptors (Lipinski definition) is 3. The fourth-order valence-corrected chi connectivity index (χ4v) is 1.93. The fourth-order valence-electron chi connectivity index (χ4n) is 1.48. The maximum Gasteiger partial charge on any atom is 0.267 e. The van der Waals surface area contributed by atoms with Gasteiger partial charge in [0.1, 0.15) is 11.6 Å². The second-order valence-corrected chi connectivity index (χ2v) is 5.73. The molecule has 0 saturated carbocycles. The zero-order valence-electron chi connectivity index (χ0n) is 11.9. The Morgan fingerprint density at radius 1 is 1.43 bits per heavy atom. The van der Waals surface area contributed by atoms with Crippen LogP contribution in [0.25, 0.3) is 0 Å². The zero-order chi connectivity index (χ0) is 15.8. The molecule has 0 bridgehead atoms. The van der Waals surface area contributed by atoms with Gasteiger partial charge in [-0.25, -0.2) is 0 Å². The molecule has 1 aromatic rings. The Morgan fingerprint density at radius 3 is 2.71 bits per heavy atom. The Balaban J connectivity index is 2.67. The molecular weight excluding hydrogens is 309 g/mol. The topological polar surface area (TPSA) is 64.9 Å². The van der Waals surface area contributed by atoms with Gasteiger partial charge in [-0.3, -0.25) is 4.79 Å². The lowest BCUT2D eigenvalue weighted by molar-refractivity contribution is -0.112. The van der Waals surface area contributed by atoms with Crippen molar-refractivity contribution < 1.29 is 4.79 Å². The maximum atomic E-state index is 12.0. The summed E-state index contributed by atoms with van der Waals surface area (Å²) in [5, 5.41) is 15.4. The lowest BCUT2D eigenvalue weighted by Crippen LogP contribution is -2.18. The van der Waals surface area contributed by atoms with Gasteiger partial charge in [-0.05, 0) is 30.5 Å². The Morgan fingerprint density at radius 2 is 2.14 bits per heavy atom. The number of amides is 1. The smallest absolute Gasteiger partial charge is 0.267 e. The van der Waals surface area contributed by atoms with Gasteiger partial charge in [-0.15, -0.1) is 0 Å². The molecule has 0 atom stereocenters. The highest BCUT2D eigenvalue weighted by molar-refractivity contribution is 6.36. The van der Waals surface area contributed by atoms with Gasteiger partial charge in [0.2, 0.25) is 0 Å². The average molecular weight is 326 g/mol. The Bertz CT molecular complexity index is 577. The SMILES string of the molecule is CC(C)CCN/C=C(/C#N)C(=O)Nc1ccc(Cl)cc1Cl. The first-order valence-electron chi connectivity index (χ1n) is 6.54. The van der Waals surface area contributed by atoms with E-state index in [-0.39, 0.29) is 5.57 Å². The Hall–Kier alpha value is -1.70. The summed E-state index contributed by atoms with van der Waals surface area (Å²) in [6, 6.07) is 6.58. The predicted octanol–water partition coefficient (Wildman–Crippen LogP) is 3.98. The number of carbonyl (C=O) groups excluding carboxylic acids is 1. The Labute approximate surface area is 134 Å². The molecule has 0 aliphatic rings. The van der Waals surface area contributed by atoms with Gasteiger partial charge < -0.3 is 10.6 Å². The van der Waals surface area contributed by atoms with E-state index in [2.05, 4.69) is 24.5 Å². The molecule has 0 aliphatic carbocycles. The number of rotatable bonds is 6. The highest BCUT2D eigenvalue weighted by Gasteiger charge is 2.11. The van der Waals surface area contributed by atoms with Crippen LogP contribution in [-0.2, 0) is 4.79 Å². The predicted molar refractivity (Wildman–Crippen MR) is 86.2 cm³/mol. The van der Waals surface area contributed by atoms with E-state index in [1.54, 1.807) is 12.1 Å². The van der Waals surface area contributed by atoms with Crippen LogP contribution in [0.2, 0.25) is 10.0 Å². The number of nitrogens with zero attached hydrogens (tertiary/aromatic N) is 1. The normalized spacial score (nSPS) is 11.1. The van der Waals surface area contributed by atoms with Crippen LogP contribution in [-0.4, -0.2) is 12.5 Å². The minimum absolute atomic E-state index is 0.00947. The Kier molecular flexibility index (Phi) is 7.07. The molecule has 6 heteroatoms. The van der Waals surface area contributed by atoms with Gasteiger partial charge in [0, 0.05) is 17.8 Å². The van der Waals surface area contributed by atoms with E-state index in [9.17, 15) is 4.79 Å². The lowest BCUT2D eigenvalue weighted by atomic mass is 10.1. The highest BCUT2D eigenvalue weighted by Crippen LogP contribution is 2.25. The summed E-state index contributed by atoms with van der Waals surface area (Å²) in [4.78, 5) is 12.0. The molecule has 0 heterocycles. The van der Waals surface area contributed by atoms with Gasteiger partial charge in [0.05, 0.1) is 10.7 Å². The summed E-state index contributed by atoms with van der Waals surface area (Å²) in [6.45, 7) is 4.91. The van der Waals surface area contributed by atoms with Crippen LogP contribution in [0, 0.1) is 17.2 Å². The molecule has 21 heavy (non-hydrogen) atoms. The molecule has 2 N–H and O–H groups in total. The van der Waals surface area contributed by atoms with Gasteiger partial charge in [0.15, 0.2) is 0 Å². The van der Waals surface area contributed by atoms with Crippen molar-refractivity contribution in [2.75, 3.05) is 11.9 Å². The third-order valence-corrected chi connectivity index (χ3v) is 3.20. The third-order valence-electron chi connectivity index (χ3n) is 2.66. The lowest BCUT2D eigenvalue weighted by Gasteiger charge is -2.08. The number of nitriles is 1. The quantitative estimate of drug-likeness (QED) is 0.472. The van der Waals surface area contributed by atoms with Crippen LogP contribution in [0.1, 0.15) is 20.3 Å². The number of halogens is 2. The van der Waals surface area contributed by atoms with Gasteiger partial charge in [0.25, 0.3) is 5.91 Å². The van der Waals surface area contributed by atoms with E-state index >= 15 is 0 Å². The summed E-state index contributed by atoms with van der Waals surface area (Å²) in [5.74, 6) is 0.0388. The molecule has 0 aliphatic heterocycles. The first-order valence-corrected chi connectivity index (χ1v) is 7.29. The van der Waals surface area contributed by atoms with Crippen molar-refractivity contribution in [1.29, 1.82) is 5.26 Å². The summed E-state index contributed by atoms with van der Waals surface area (Å²) in [7, 11) is 0. The van der Waals surface area contributed by atoms with E-state index in [1.807, 2.05) is 6.07 Å². The van der Waals surface area contributed by atoms with Crippen LogP contribution >= 0.6 is 23.2 Å². The largest absolute Gasteiger partial charge is 0.390 e. The summed E-state index contributed by atoms with van der Waals surface area (Å²) < 4.78 is 0. The van der Waals surface area contributed by atoms with Crippen LogP contribution in [0.4, 0.5) is 5.69 Å². The van der Waals surface area contributed by atoms with Crippen molar-refractivity contribution in [2.24, 2.45) is 5.92 Å². The first kappa shape index (κ1) is 17.4. The maximum absolute atomic E-state index is 12.0. The summed E-state index contributed by atoms with van der Waals surface area (Å²) in [6.07, 6.45) is 2.38. The molecule has 1 aromatic carbocycles. The van der Waals surface area contributed by atoms with Crippen molar-refractivity contribution in [3.63, 3.8) is 0 Å². The second-order valence-electron chi connectivity index (χ2n) is 4.88. The van der Waals surface area contributed by atoms with Crippen molar-refractivity contribution in [1.82, 2.24) is 5.32 Å². The molecule has 112 valence electrons. The van der Waals surface area contributed by atoms with Crippen molar-refractivity contribution in [2.45, 2.75) is 20.3 Å². The number of nitrogens with one attached hydrogen (secondary N) is 2. The molecule has 0 fully saturated rings. The third kappa shape index (κ3) is 6.07. The fraction of sp³-hybridized carbons (Fsp3) is 0.333. The molecule has 1 amide bonds. The number of anilines is 1. The molecule has 1 rings (SSSR count). The second kappa shape index (κ2) is 8.56. The van der Waals surface area contributed by atoms with Crippen LogP contribution in [0.15, 0.2) is 30.0 Å². The van der Waals surface area contributed by atoms with Crippen molar-refractivity contribution in [3.05, 3.63) is 40.0 Å². The standard InChI is InChI=1S/C15H17Cl2N3O/c1-10(2)5-6-19-9-11(8-18)15(21)20-14-4-3-12(16)7-13(14)17/h3-4,7,9-10,19H,5-6H2,1-2H3,(H,20,21)/b11-9-. The van der Waals surface area contributed by atoms with Crippen LogP contribution in [0.3, 0.4) is 0 Å². The summed E-state index contributed by atoms with van der Waals surface area (Å²) in [5.41, 5.74) is 0.402. The molecule has 0 unspecified atom stereocenters. The molecular formula is C15H17Cl2N3O. The first-order chi connectivity index (χ1) is 9.93. The van der Waals surface area contributed by atoms with Gasteiger partial charge in [-0.2, -0.15) is 5.26 Å².